The lowest BCUT2D eigenvalue weighted by molar-refractivity contribution is 0.0940. The number of rotatable bonds is 6. The Bertz CT molecular complexity index is 1220. The molecule has 3 aromatic carbocycles. The van der Waals surface area contributed by atoms with Gasteiger partial charge in [0.2, 0.25) is 0 Å². The molecule has 0 radical (unpaired) electrons. The maximum atomic E-state index is 13.0. The van der Waals surface area contributed by atoms with E-state index in [1.54, 1.807) is 6.07 Å². The van der Waals surface area contributed by atoms with Gasteiger partial charge in [-0.05, 0) is 54.3 Å². The Kier molecular flexibility index (Phi) is 6.18. The second-order valence-corrected chi connectivity index (χ2v) is 9.75. The third kappa shape index (κ3) is 4.69. The zero-order valence-electron chi connectivity index (χ0n) is 17.1. The Morgan fingerprint density at radius 1 is 1.03 bits per heavy atom. The zero-order chi connectivity index (χ0) is 22.0. The van der Waals surface area contributed by atoms with Crippen LogP contribution in [-0.4, -0.2) is 31.7 Å². The van der Waals surface area contributed by atoms with Gasteiger partial charge in [-0.15, -0.1) is 0 Å². The number of hydrogen-bond acceptors (Lipinski definition) is 3. The smallest absolute Gasteiger partial charge is 0.301 e. The quantitative estimate of drug-likeness (QED) is 0.561. The summed E-state index contributed by atoms with van der Waals surface area (Å²) in [6.45, 7) is 2.91. The molecule has 0 aliphatic carbocycles. The minimum Gasteiger partial charge on any atom is -0.345 e. The Labute approximate surface area is 187 Å². The molecule has 0 unspecified atom stereocenters. The summed E-state index contributed by atoms with van der Waals surface area (Å²) in [4.78, 5) is 13.0. The average Bonchev–Trinajstić information content (AvgIpc) is 3.30. The van der Waals surface area contributed by atoms with Crippen LogP contribution in [-0.2, 0) is 10.2 Å². The Morgan fingerprint density at radius 3 is 2.52 bits per heavy atom. The molecule has 3 aromatic rings. The average molecular weight is 458 g/mol. The van der Waals surface area contributed by atoms with Gasteiger partial charge in [0.05, 0.1) is 22.3 Å². The summed E-state index contributed by atoms with van der Waals surface area (Å²) >= 11 is 6.27. The lowest BCUT2D eigenvalue weighted by Crippen LogP contribution is -2.33. The SMILES string of the molecule is C[C@@H](NC(=O)c1cc(NS(=O)(=O)N2CCCC2)ccc1Cl)c1cccc2ccccc12. The van der Waals surface area contributed by atoms with Crippen LogP contribution >= 0.6 is 11.6 Å². The number of anilines is 1. The molecule has 8 heteroatoms. The fourth-order valence-corrected chi connectivity index (χ4v) is 5.38. The third-order valence-corrected chi connectivity index (χ3v) is 7.37. The van der Waals surface area contributed by atoms with Gasteiger partial charge >= 0.3 is 10.2 Å². The van der Waals surface area contributed by atoms with Crippen LogP contribution in [0, 0.1) is 0 Å². The van der Waals surface area contributed by atoms with Crippen LogP contribution in [0.1, 0.15) is 41.7 Å². The number of nitrogens with one attached hydrogen (secondary N) is 2. The van der Waals surface area contributed by atoms with Gasteiger partial charge in [0, 0.05) is 13.1 Å². The molecule has 1 heterocycles. The molecule has 4 rings (SSSR count). The van der Waals surface area contributed by atoms with Crippen molar-refractivity contribution in [1.29, 1.82) is 0 Å². The first kappa shape index (κ1) is 21.6. The van der Waals surface area contributed by atoms with Crippen LogP contribution in [0.25, 0.3) is 10.8 Å². The van der Waals surface area contributed by atoms with Gasteiger partial charge in [-0.1, -0.05) is 54.1 Å². The van der Waals surface area contributed by atoms with Crippen LogP contribution in [0.5, 0.6) is 0 Å². The van der Waals surface area contributed by atoms with Gasteiger partial charge in [0.25, 0.3) is 5.91 Å². The molecule has 31 heavy (non-hydrogen) atoms. The summed E-state index contributed by atoms with van der Waals surface area (Å²) in [6.07, 6.45) is 1.70. The highest BCUT2D eigenvalue weighted by Crippen LogP contribution is 2.26. The molecule has 162 valence electrons. The normalized spacial score (nSPS) is 15.7. The van der Waals surface area contributed by atoms with Crippen molar-refractivity contribution >= 4 is 44.2 Å². The number of nitrogens with zero attached hydrogens (tertiary/aromatic N) is 1. The van der Waals surface area contributed by atoms with E-state index in [0.717, 1.165) is 29.2 Å². The minimum absolute atomic E-state index is 0.218. The lowest BCUT2D eigenvalue weighted by atomic mass is 9.99. The minimum atomic E-state index is -3.65. The Balaban J connectivity index is 1.55. The summed E-state index contributed by atoms with van der Waals surface area (Å²) in [5.74, 6) is -0.368. The van der Waals surface area contributed by atoms with Crippen molar-refractivity contribution in [2.24, 2.45) is 0 Å². The molecule has 1 aliphatic rings. The van der Waals surface area contributed by atoms with E-state index in [2.05, 4.69) is 10.0 Å². The molecular formula is C23H24ClN3O3S. The molecule has 1 fully saturated rings. The van der Waals surface area contributed by atoms with Crippen molar-refractivity contribution in [2.45, 2.75) is 25.8 Å². The molecule has 1 saturated heterocycles. The number of hydrogen-bond donors (Lipinski definition) is 2. The molecule has 1 amide bonds. The first-order valence-electron chi connectivity index (χ1n) is 10.2. The number of benzene rings is 3. The first-order chi connectivity index (χ1) is 14.8. The Hall–Kier alpha value is -2.61. The van der Waals surface area contributed by atoms with E-state index in [-0.39, 0.29) is 22.5 Å². The summed E-state index contributed by atoms with van der Waals surface area (Å²) in [5, 5.41) is 5.40. The number of carbonyl (C=O) groups excluding carboxylic acids is 1. The Morgan fingerprint density at radius 2 is 1.74 bits per heavy atom. The maximum absolute atomic E-state index is 13.0. The van der Waals surface area contributed by atoms with Crippen molar-refractivity contribution in [3.63, 3.8) is 0 Å². The van der Waals surface area contributed by atoms with E-state index in [4.69, 9.17) is 11.6 Å². The molecule has 1 aliphatic heterocycles. The fraction of sp³-hybridized carbons (Fsp3) is 0.261. The van der Waals surface area contributed by atoms with Gasteiger partial charge in [-0.2, -0.15) is 12.7 Å². The third-order valence-electron chi connectivity index (χ3n) is 5.50. The topological polar surface area (TPSA) is 78.5 Å². The van der Waals surface area contributed by atoms with E-state index < -0.39 is 10.2 Å². The molecule has 1 atom stereocenters. The van der Waals surface area contributed by atoms with Gasteiger partial charge in [-0.25, -0.2) is 0 Å². The van der Waals surface area contributed by atoms with Crippen LogP contribution in [0.2, 0.25) is 5.02 Å². The van der Waals surface area contributed by atoms with E-state index in [9.17, 15) is 13.2 Å². The number of carbonyl (C=O) groups is 1. The highest BCUT2D eigenvalue weighted by molar-refractivity contribution is 7.90. The predicted molar refractivity (Wildman–Crippen MR) is 125 cm³/mol. The van der Waals surface area contributed by atoms with Crippen molar-refractivity contribution in [1.82, 2.24) is 9.62 Å². The van der Waals surface area contributed by atoms with E-state index in [1.807, 2.05) is 49.4 Å². The molecule has 6 nitrogen and oxygen atoms in total. The maximum Gasteiger partial charge on any atom is 0.301 e. The standard InChI is InChI=1S/C23H24ClN3O3S/c1-16(19-10-6-8-17-7-2-3-9-20(17)19)25-23(28)21-15-18(11-12-22(21)24)26-31(29,30)27-13-4-5-14-27/h2-3,6-12,15-16,26H,4-5,13-14H2,1H3,(H,25,28)/t16-/m1/s1. The van der Waals surface area contributed by atoms with Gasteiger partial charge in [-0.3, -0.25) is 9.52 Å². The van der Waals surface area contributed by atoms with Crippen molar-refractivity contribution in [3.05, 3.63) is 76.8 Å². The molecule has 2 N–H and O–H groups in total. The molecule has 0 aromatic heterocycles. The number of halogens is 1. The summed E-state index contributed by atoms with van der Waals surface area (Å²) in [6, 6.07) is 18.3. The van der Waals surface area contributed by atoms with E-state index in [0.29, 0.717) is 18.8 Å². The van der Waals surface area contributed by atoms with Crippen molar-refractivity contribution in [2.75, 3.05) is 17.8 Å². The summed E-state index contributed by atoms with van der Waals surface area (Å²) < 4.78 is 29.0. The number of amides is 1. The molecular weight excluding hydrogens is 434 g/mol. The predicted octanol–water partition coefficient (Wildman–Crippen LogP) is 4.74. The van der Waals surface area contributed by atoms with Crippen LogP contribution in [0.4, 0.5) is 5.69 Å². The van der Waals surface area contributed by atoms with Crippen molar-refractivity contribution < 1.29 is 13.2 Å². The molecule has 0 spiro atoms. The fourth-order valence-electron chi connectivity index (χ4n) is 3.88. The largest absolute Gasteiger partial charge is 0.345 e. The molecule has 0 bridgehead atoms. The summed E-state index contributed by atoms with van der Waals surface area (Å²) in [7, 11) is -3.65. The van der Waals surface area contributed by atoms with Crippen LogP contribution < -0.4 is 10.0 Å². The second kappa shape index (κ2) is 8.86. The van der Waals surface area contributed by atoms with Crippen LogP contribution in [0.15, 0.2) is 60.7 Å². The van der Waals surface area contributed by atoms with Gasteiger partial charge in [0.1, 0.15) is 0 Å². The highest BCUT2D eigenvalue weighted by atomic mass is 35.5. The van der Waals surface area contributed by atoms with Gasteiger partial charge < -0.3 is 5.32 Å². The number of fused-ring (bicyclic) bond motifs is 1. The molecule has 0 saturated carbocycles. The van der Waals surface area contributed by atoms with Gasteiger partial charge in [0.15, 0.2) is 0 Å². The summed E-state index contributed by atoms with van der Waals surface area (Å²) in [5.41, 5.74) is 1.52. The lowest BCUT2D eigenvalue weighted by Gasteiger charge is -2.19. The van der Waals surface area contributed by atoms with E-state index >= 15 is 0 Å². The van der Waals surface area contributed by atoms with E-state index in [1.165, 1.54) is 16.4 Å². The second-order valence-electron chi connectivity index (χ2n) is 7.67. The van der Waals surface area contributed by atoms with Crippen LogP contribution in [0.3, 0.4) is 0 Å². The monoisotopic (exact) mass is 457 g/mol. The zero-order valence-corrected chi connectivity index (χ0v) is 18.7. The first-order valence-corrected chi connectivity index (χ1v) is 12.0. The van der Waals surface area contributed by atoms with Crippen molar-refractivity contribution in [3.8, 4) is 0 Å². The highest BCUT2D eigenvalue weighted by Gasteiger charge is 2.25.